The van der Waals surface area contributed by atoms with Crippen molar-refractivity contribution in [1.82, 2.24) is 9.97 Å². The van der Waals surface area contributed by atoms with Crippen molar-refractivity contribution >= 4 is 45.8 Å². The van der Waals surface area contributed by atoms with Gasteiger partial charge in [0.05, 0.1) is 21.3 Å². The summed E-state index contributed by atoms with van der Waals surface area (Å²) in [6.07, 6.45) is 0. The number of hydrogen-bond acceptors (Lipinski definition) is 2. The number of benzene rings is 1. The second-order valence-corrected chi connectivity index (χ2v) is 7.32. The number of hydrogen-bond donors (Lipinski definition) is 1. The smallest absolute Gasteiger partial charge is 0.264 e. The molecular weight excluding hydrogens is 410 g/mol. The second-order valence-electron chi connectivity index (χ2n) is 5.42. The summed E-state index contributed by atoms with van der Waals surface area (Å²) < 4.78 is 0.585. The zero-order valence-corrected chi connectivity index (χ0v) is 14.9. The molecule has 1 aromatic carbocycles. The van der Waals surface area contributed by atoms with Crippen LogP contribution in [0.1, 0.15) is 26.5 Å². The van der Waals surface area contributed by atoms with Crippen molar-refractivity contribution in [3.8, 4) is 11.4 Å². The number of rotatable bonds is 1. The van der Waals surface area contributed by atoms with Crippen LogP contribution in [0, 0.1) is 3.57 Å². The second kappa shape index (κ2) is 5.66. The Kier molecular flexibility index (Phi) is 4.47. The fraction of sp³-hybridized carbons (Fsp3) is 0.286. The topological polar surface area (TPSA) is 45.8 Å². The average molecular weight is 423 g/mol. The fourth-order valence-electron chi connectivity index (χ4n) is 1.80. The van der Waals surface area contributed by atoms with Crippen molar-refractivity contribution in [3.05, 3.63) is 47.9 Å². The average Bonchev–Trinajstić information content (AvgIpc) is 2.31. The van der Waals surface area contributed by atoms with E-state index in [0.29, 0.717) is 25.0 Å². The first-order chi connectivity index (χ1) is 9.21. The maximum Gasteiger partial charge on any atom is 0.264 e. The molecule has 3 nitrogen and oxygen atoms in total. The number of H-pyrrole nitrogens is 1. The van der Waals surface area contributed by atoms with E-state index in [4.69, 9.17) is 23.2 Å². The van der Waals surface area contributed by atoms with E-state index < -0.39 is 0 Å². The SMILES string of the molecule is CC(C)(C)c1nc(-c2c(Cl)cccc2Cl)[nH]c(=O)c1I. The highest BCUT2D eigenvalue weighted by atomic mass is 127. The lowest BCUT2D eigenvalue weighted by molar-refractivity contribution is 0.562. The molecule has 6 heteroatoms. The molecule has 0 aliphatic carbocycles. The van der Waals surface area contributed by atoms with Gasteiger partial charge >= 0.3 is 0 Å². The predicted octanol–water partition coefficient (Wildman–Crippen LogP) is 4.65. The molecule has 0 radical (unpaired) electrons. The summed E-state index contributed by atoms with van der Waals surface area (Å²) >= 11 is 14.4. The molecule has 0 aliphatic heterocycles. The third kappa shape index (κ3) is 3.02. The van der Waals surface area contributed by atoms with Crippen LogP contribution in [0.2, 0.25) is 10.0 Å². The summed E-state index contributed by atoms with van der Waals surface area (Å²) in [4.78, 5) is 19.4. The van der Waals surface area contributed by atoms with Gasteiger partial charge in [0.25, 0.3) is 5.56 Å². The minimum absolute atomic E-state index is 0.184. The molecule has 0 unspecified atom stereocenters. The Labute approximate surface area is 140 Å². The van der Waals surface area contributed by atoms with E-state index >= 15 is 0 Å². The van der Waals surface area contributed by atoms with Crippen molar-refractivity contribution in [3.63, 3.8) is 0 Å². The van der Waals surface area contributed by atoms with Crippen molar-refractivity contribution in [1.29, 1.82) is 0 Å². The quantitative estimate of drug-likeness (QED) is 0.680. The molecule has 0 aliphatic rings. The minimum Gasteiger partial charge on any atom is -0.306 e. The van der Waals surface area contributed by atoms with Gasteiger partial charge in [-0.3, -0.25) is 4.79 Å². The third-order valence-corrected chi connectivity index (χ3v) is 4.40. The van der Waals surface area contributed by atoms with Crippen LogP contribution in [0.5, 0.6) is 0 Å². The number of aromatic nitrogens is 2. The van der Waals surface area contributed by atoms with E-state index in [9.17, 15) is 4.79 Å². The molecule has 0 atom stereocenters. The first-order valence-corrected chi connectivity index (χ1v) is 7.80. The molecule has 0 bridgehead atoms. The summed E-state index contributed by atoms with van der Waals surface area (Å²) in [7, 11) is 0. The molecule has 0 saturated heterocycles. The first-order valence-electron chi connectivity index (χ1n) is 5.96. The Morgan fingerprint density at radius 2 is 1.75 bits per heavy atom. The zero-order chi connectivity index (χ0) is 15.1. The largest absolute Gasteiger partial charge is 0.306 e. The first kappa shape index (κ1) is 15.8. The summed E-state index contributed by atoms with van der Waals surface area (Å²) in [5.41, 5.74) is 0.854. The van der Waals surface area contributed by atoms with Crippen molar-refractivity contribution in [2.24, 2.45) is 0 Å². The number of halogens is 3. The van der Waals surface area contributed by atoms with Crippen LogP contribution in [0.15, 0.2) is 23.0 Å². The van der Waals surface area contributed by atoms with Crippen LogP contribution >= 0.6 is 45.8 Å². The van der Waals surface area contributed by atoms with Crippen molar-refractivity contribution in [2.75, 3.05) is 0 Å². The van der Waals surface area contributed by atoms with Gasteiger partial charge in [0.1, 0.15) is 9.39 Å². The van der Waals surface area contributed by atoms with Gasteiger partial charge in [0, 0.05) is 5.41 Å². The van der Waals surface area contributed by atoms with Crippen molar-refractivity contribution in [2.45, 2.75) is 26.2 Å². The lowest BCUT2D eigenvalue weighted by Crippen LogP contribution is -2.24. The molecule has 20 heavy (non-hydrogen) atoms. The van der Waals surface area contributed by atoms with Crippen molar-refractivity contribution < 1.29 is 0 Å². The van der Waals surface area contributed by atoms with E-state index in [1.54, 1.807) is 18.2 Å². The third-order valence-electron chi connectivity index (χ3n) is 2.77. The highest BCUT2D eigenvalue weighted by Gasteiger charge is 2.23. The van der Waals surface area contributed by atoms with Crippen LogP contribution in [0.3, 0.4) is 0 Å². The highest BCUT2D eigenvalue weighted by molar-refractivity contribution is 14.1. The van der Waals surface area contributed by atoms with Crippen LogP contribution < -0.4 is 5.56 Å². The Balaban J connectivity index is 2.78. The number of nitrogens with one attached hydrogen (secondary N) is 1. The maximum atomic E-state index is 12.1. The lowest BCUT2D eigenvalue weighted by atomic mass is 9.92. The number of nitrogens with zero attached hydrogens (tertiary/aromatic N) is 1. The van der Waals surface area contributed by atoms with Gasteiger partial charge in [-0.2, -0.15) is 0 Å². The monoisotopic (exact) mass is 422 g/mol. The van der Waals surface area contributed by atoms with Gasteiger partial charge in [-0.05, 0) is 34.7 Å². The van der Waals surface area contributed by atoms with Gasteiger partial charge in [-0.15, -0.1) is 0 Å². The Hall–Kier alpha value is -0.590. The van der Waals surface area contributed by atoms with E-state index in [1.165, 1.54) is 0 Å². The summed E-state index contributed by atoms with van der Waals surface area (Å²) in [5.74, 6) is 0.399. The van der Waals surface area contributed by atoms with Crippen LogP contribution in [0.4, 0.5) is 0 Å². The standard InChI is InChI=1S/C14H13Cl2IN2O/c1-14(2,3)11-10(17)13(20)19-12(18-11)9-7(15)5-4-6-8(9)16/h4-6H,1-3H3,(H,18,19,20). The Bertz CT molecular complexity index is 700. The summed E-state index contributed by atoms with van der Waals surface area (Å²) in [5, 5.41) is 0.920. The van der Waals surface area contributed by atoms with Crippen LogP contribution in [0.25, 0.3) is 11.4 Å². The molecule has 2 rings (SSSR count). The number of aromatic amines is 1. The van der Waals surface area contributed by atoms with Crippen LogP contribution in [-0.4, -0.2) is 9.97 Å². The van der Waals surface area contributed by atoms with E-state index in [2.05, 4.69) is 9.97 Å². The van der Waals surface area contributed by atoms with Gasteiger partial charge in [-0.1, -0.05) is 50.0 Å². The van der Waals surface area contributed by atoms with E-state index in [-0.39, 0.29) is 11.0 Å². The molecule has 2 aromatic rings. The predicted molar refractivity (Wildman–Crippen MR) is 91.7 cm³/mol. The molecule has 0 spiro atoms. The molecule has 1 aromatic heterocycles. The normalized spacial score (nSPS) is 11.7. The Morgan fingerprint density at radius 1 is 1.20 bits per heavy atom. The van der Waals surface area contributed by atoms with Gasteiger partial charge < -0.3 is 4.98 Å². The molecular formula is C14H13Cl2IN2O. The minimum atomic E-state index is -0.243. The maximum absolute atomic E-state index is 12.1. The summed E-state index contributed by atoms with van der Waals surface area (Å²) in [6, 6.07) is 5.19. The van der Waals surface area contributed by atoms with Gasteiger partial charge in [-0.25, -0.2) is 4.98 Å². The molecule has 0 fully saturated rings. The van der Waals surface area contributed by atoms with Gasteiger partial charge in [0.15, 0.2) is 0 Å². The lowest BCUT2D eigenvalue weighted by Gasteiger charge is -2.20. The molecule has 1 N–H and O–H groups in total. The van der Waals surface area contributed by atoms with E-state index in [1.807, 2.05) is 43.4 Å². The highest BCUT2D eigenvalue weighted by Crippen LogP contribution is 2.33. The molecule has 1 heterocycles. The van der Waals surface area contributed by atoms with E-state index in [0.717, 1.165) is 5.69 Å². The van der Waals surface area contributed by atoms with Gasteiger partial charge in [0.2, 0.25) is 0 Å². The molecule has 106 valence electrons. The van der Waals surface area contributed by atoms with Crippen LogP contribution in [-0.2, 0) is 5.41 Å². The fourth-order valence-corrected chi connectivity index (χ4v) is 3.44. The summed E-state index contributed by atoms with van der Waals surface area (Å²) in [6.45, 7) is 6.03. The zero-order valence-electron chi connectivity index (χ0n) is 11.2. The molecule has 0 amide bonds. The Morgan fingerprint density at radius 3 is 2.25 bits per heavy atom. The molecule has 0 saturated carbocycles.